The molecule has 0 aromatic heterocycles. The molecule has 1 saturated heterocycles. The van der Waals surface area contributed by atoms with E-state index >= 15 is 0 Å². The number of rotatable bonds is 7. The Bertz CT molecular complexity index is 445. The number of nitrogens with zero attached hydrogens (tertiary/aromatic N) is 1. The number of amides is 1. The molecule has 2 rings (SSSR count). The van der Waals surface area contributed by atoms with Gasteiger partial charge in [-0.15, -0.1) is 0 Å². The van der Waals surface area contributed by atoms with E-state index in [4.69, 9.17) is 4.74 Å². The molecule has 0 saturated carbocycles. The highest BCUT2D eigenvalue weighted by molar-refractivity contribution is 5.95. The van der Waals surface area contributed by atoms with Crippen LogP contribution in [0.2, 0.25) is 0 Å². The number of carbonyl (C=O) groups is 1. The maximum Gasteiger partial charge on any atom is 0.241 e. The van der Waals surface area contributed by atoms with Crippen LogP contribution in [0.4, 0.5) is 5.69 Å². The maximum absolute atomic E-state index is 12.4. The highest BCUT2D eigenvalue weighted by Gasteiger charge is 2.30. The van der Waals surface area contributed by atoms with Gasteiger partial charge in [-0.1, -0.05) is 19.8 Å². The van der Waals surface area contributed by atoms with Crippen molar-refractivity contribution < 1.29 is 9.53 Å². The van der Waals surface area contributed by atoms with Crippen molar-refractivity contribution >= 4 is 11.6 Å². The van der Waals surface area contributed by atoms with Gasteiger partial charge in [-0.3, -0.25) is 9.69 Å². The van der Waals surface area contributed by atoms with Gasteiger partial charge in [0.2, 0.25) is 5.91 Å². The number of anilines is 1. The molecule has 1 aliphatic rings. The topological polar surface area (TPSA) is 41.6 Å². The molecule has 1 N–H and O–H groups in total. The van der Waals surface area contributed by atoms with E-state index in [1.165, 1.54) is 19.3 Å². The fraction of sp³-hybridized carbons (Fsp3) is 0.588. The predicted molar refractivity (Wildman–Crippen MR) is 85.7 cm³/mol. The standard InChI is InChI=1S/C17H26N2O2/c1-3-4-5-12-19-13-6-7-16(19)17(20)18-14-8-10-15(21-2)11-9-14/h8-11,16H,3-7,12-13H2,1-2H3,(H,18,20). The molecule has 1 aromatic carbocycles. The van der Waals surface area contributed by atoms with Crippen LogP contribution in [-0.2, 0) is 4.79 Å². The van der Waals surface area contributed by atoms with Crippen LogP contribution in [0, 0.1) is 0 Å². The minimum atomic E-state index is 0.0314. The van der Waals surface area contributed by atoms with Crippen LogP contribution < -0.4 is 10.1 Å². The molecule has 4 heteroatoms. The highest BCUT2D eigenvalue weighted by atomic mass is 16.5. The molecule has 116 valence electrons. The molecule has 1 aromatic rings. The third-order valence-corrected chi connectivity index (χ3v) is 4.07. The Labute approximate surface area is 127 Å². The van der Waals surface area contributed by atoms with Crippen LogP contribution in [0.5, 0.6) is 5.75 Å². The van der Waals surface area contributed by atoms with Crippen molar-refractivity contribution in [2.45, 2.75) is 45.1 Å². The summed E-state index contributed by atoms with van der Waals surface area (Å²) < 4.78 is 5.12. The molecule has 1 amide bonds. The van der Waals surface area contributed by atoms with Gasteiger partial charge in [0.15, 0.2) is 0 Å². The van der Waals surface area contributed by atoms with E-state index in [-0.39, 0.29) is 11.9 Å². The van der Waals surface area contributed by atoms with Crippen LogP contribution in [0.15, 0.2) is 24.3 Å². The lowest BCUT2D eigenvalue weighted by atomic mass is 10.2. The zero-order chi connectivity index (χ0) is 15.1. The minimum Gasteiger partial charge on any atom is -0.497 e. The number of hydrogen-bond donors (Lipinski definition) is 1. The summed E-state index contributed by atoms with van der Waals surface area (Å²) in [5, 5.41) is 3.02. The second kappa shape index (κ2) is 8.03. The SMILES string of the molecule is CCCCCN1CCCC1C(=O)Nc1ccc(OC)cc1. The highest BCUT2D eigenvalue weighted by Crippen LogP contribution is 2.21. The van der Waals surface area contributed by atoms with E-state index in [2.05, 4.69) is 17.1 Å². The Morgan fingerprint density at radius 1 is 1.33 bits per heavy atom. The number of hydrogen-bond acceptors (Lipinski definition) is 3. The van der Waals surface area contributed by atoms with Crippen LogP contribution >= 0.6 is 0 Å². The number of ether oxygens (including phenoxy) is 1. The molecule has 0 aliphatic carbocycles. The summed E-state index contributed by atoms with van der Waals surface area (Å²) in [7, 11) is 1.64. The fourth-order valence-electron chi connectivity index (χ4n) is 2.86. The molecule has 1 atom stereocenters. The van der Waals surface area contributed by atoms with E-state index in [1.807, 2.05) is 24.3 Å². The van der Waals surface area contributed by atoms with Gasteiger partial charge in [0.1, 0.15) is 5.75 Å². The van der Waals surface area contributed by atoms with Gasteiger partial charge in [-0.2, -0.15) is 0 Å². The minimum absolute atomic E-state index is 0.0314. The third kappa shape index (κ3) is 4.46. The van der Waals surface area contributed by atoms with Gasteiger partial charge < -0.3 is 10.1 Å². The summed E-state index contributed by atoms with van der Waals surface area (Å²) in [5.74, 6) is 0.921. The maximum atomic E-state index is 12.4. The lowest BCUT2D eigenvalue weighted by Gasteiger charge is -2.23. The molecule has 0 spiro atoms. The van der Waals surface area contributed by atoms with E-state index < -0.39 is 0 Å². The lowest BCUT2D eigenvalue weighted by Crippen LogP contribution is -2.40. The predicted octanol–water partition coefficient (Wildman–Crippen LogP) is 3.29. The molecular formula is C17H26N2O2. The van der Waals surface area contributed by atoms with E-state index in [0.29, 0.717) is 0 Å². The quantitative estimate of drug-likeness (QED) is 0.784. The molecule has 21 heavy (non-hydrogen) atoms. The summed E-state index contributed by atoms with van der Waals surface area (Å²) >= 11 is 0. The van der Waals surface area contributed by atoms with Crippen LogP contribution in [-0.4, -0.2) is 37.0 Å². The largest absolute Gasteiger partial charge is 0.497 e. The number of likely N-dealkylation sites (tertiary alicyclic amines) is 1. The molecule has 1 unspecified atom stereocenters. The lowest BCUT2D eigenvalue weighted by molar-refractivity contribution is -0.120. The Kier molecular flexibility index (Phi) is 6.05. The van der Waals surface area contributed by atoms with E-state index in [9.17, 15) is 4.79 Å². The number of unbranched alkanes of at least 4 members (excludes halogenated alkanes) is 2. The Morgan fingerprint density at radius 2 is 2.10 bits per heavy atom. The van der Waals surface area contributed by atoms with Crippen molar-refractivity contribution in [1.29, 1.82) is 0 Å². The van der Waals surface area contributed by atoms with Crippen molar-refractivity contribution in [3.05, 3.63) is 24.3 Å². The zero-order valence-electron chi connectivity index (χ0n) is 13.1. The Balaban J connectivity index is 1.88. The van der Waals surface area contributed by atoms with Gasteiger partial charge in [0.25, 0.3) is 0 Å². The first-order valence-electron chi connectivity index (χ1n) is 7.93. The van der Waals surface area contributed by atoms with Crippen molar-refractivity contribution in [2.24, 2.45) is 0 Å². The monoisotopic (exact) mass is 290 g/mol. The molecular weight excluding hydrogens is 264 g/mol. The molecule has 1 fully saturated rings. The van der Waals surface area contributed by atoms with Gasteiger partial charge in [-0.25, -0.2) is 0 Å². The second-order valence-electron chi connectivity index (χ2n) is 5.62. The molecule has 0 radical (unpaired) electrons. The van der Waals surface area contributed by atoms with E-state index in [1.54, 1.807) is 7.11 Å². The first-order chi connectivity index (χ1) is 10.2. The van der Waals surface area contributed by atoms with Crippen LogP contribution in [0.3, 0.4) is 0 Å². The molecule has 0 bridgehead atoms. The summed E-state index contributed by atoms with van der Waals surface area (Å²) in [6.07, 6.45) is 5.73. The second-order valence-corrected chi connectivity index (χ2v) is 5.62. The smallest absolute Gasteiger partial charge is 0.241 e. The molecule has 4 nitrogen and oxygen atoms in total. The normalized spacial score (nSPS) is 18.7. The number of methoxy groups -OCH3 is 1. The zero-order valence-corrected chi connectivity index (χ0v) is 13.1. The molecule has 1 heterocycles. The van der Waals surface area contributed by atoms with Crippen LogP contribution in [0.1, 0.15) is 39.0 Å². The first-order valence-corrected chi connectivity index (χ1v) is 7.93. The van der Waals surface area contributed by atoms with Gasteiger partial charge in [0, 0.05) is 5.69 Å². The first kappa shape index (κ1) is 15.8. The van der Waals surface area contributed by atoms with Crippen molar-refractivity contribution in [3.63, 3.8) is 0 Å². The van der Waals surface area contributed by atoms with Crippen molar-refractivity contribution in [3.8, 4) is 5.75 Å². The third-order valence-electron chi connectivity index (χ3n) is 4.07. The van der Waals surface area contributed by atoms with Gasteiger partial charge >= 0.3 is 0 Å². The summed E-state index contributed by atoms with van der Waals surface area (Å²) in [6.45, 7) is 4.29. The van der Waals surface area contributed by atoms with Crippen molar-refractivity contribution in [2.75, 3.05) is 25.5 Å². The summed E-state index contributed by atoms with van der Waals surface area (Å²) in [6, 6.07) is 7.52. The van der Waals surface area contributed by atoms with Crippen LogP contribution in [0.25, 0.3) is 0 Å². The Morgan fingerprint density at radius 3 is 2.76 bits per heavy atom. The van der Waals surface area contributed by atoms with Gasteiger partial charge in [0.05, 0.1) is 13.2 Å². The average Bonchev–Trinajstić information content (AvgIpc) is 2.97. The number of carbonyl (C=O) groups excluding carboxylic acids is 1. The molecule has 1 aliphatic heterocycles. The number of nitrogens with one attached hydrogen (secondary N) is 1. The Hall–Kier alpha value is -1.55. The van der Waals surface area contributed by atoms with Crippen molar-refractivity contribution in [1.82, 2.24) is 4.90 Å². The number of benzene rings is 1. The van der Waals surface area contributed by atoms with E-state index in [0.717, 1.165) is 37.4 Å². The summed E-state index contributed by atoms with van der Waals surface area (Å²) in [5.41, 5.74) is 0.834. The fourth-order valence-corrected chi connectivity index (χ4v) is 2.86. The van der Waals surface area contributed by atoms with Gasteiger partial charge in [-0.05, 0) is 56.6 Å². The summed E-state index contributed by atoms with van der Waals surface area (Å²) in [4.78, 5) is 14.8. The average molecular weight is 290 g/mol.